The number of nitrogens with one attached hydrogen (secondary N) is 1. The number of benzene rings is 2. The van der Waals surface area contributed by atoms with Crippen LogP contribution in [-0.2, 0) is 17.6 Å². The number of ether oxygens (including phenoxy) is 3. The van der Waals surface area contributed by atoms with E-state index in [4.69, 9.17) is 14.2 Å². The van der Waals surface area contributed by atoms with Crippen molar-refractivity contribution in [1.82, 2.24) is 0 Å². The highest BCUT2D eigenvalue weighted by Crippen LogP contribution is 2.35. The molecule has 0 saturated heterocycles. The number of hydrogen-bond donors (Lipinski definition) is 1. The molecule has 124 valence electrons. The van der Waals surface area contributed by atoms with E-state index in [1.165, 1.54) is 17.5 Å². The molecule has 0 unspecified atom stereocenters. The molecule has 4 rings (SSSR count). The highest BCUT2D eigenvalue weighted by Gasteiger charge is 2.19. The van der Waals surface area contributed by atoms with Gasteiger partial charge in [-0.3, -0.25) is 4.79 Å². The van der Waals surface area contributed by atoms with Gasteiger partial charge < -0.3 is 19.5 Å². The second-order valence-electron chi connectivity index (χ2n) is 6.10. The van der Waals surface area contributed by atoms with Crippen molar-refractivity contribution >= 4 is 11.6 Å². The van der Waals surface area contributed by atoms with Gasteiger partial charge >= 0.3 is 0 Å². The number of anilines is 1. The molecule has 1 heterocycles. The maximum absolute atomic E-state index is 12.4. The van der Waals surface area contributed by atoms with Gasteiger partial charge in [0.15, 0.2) is 17.6 Å². The summed E-state index contributed by atoms with van der Waals surface area (Å²) in [6, 6.07) is 11.4. The summed E-state index contributed by atoms with van der Waals surface area (Å²) in [7, 11) is 0. The molecular formula is C19H19NO4. The fraction of sp³-hybridized carbons (Fsp3) is 0.316. The van der Waals surface area contributed by atoms with E-state index < -0.39 is 6.10 Å². The second kappa shape index (κ2) is 6.07. The Labute approximate surface area is 140 Å². The molecule has 1 atom stereocenters. The maximum atomic E-state index is 12.4. The Hall–Kier alpha value is -2.69. The Bertz CT molecular complexity index is 787. The van der Waals surface area contributed by atoms with Gasteiger partial charge in [0.1, 0.15) is 5.75 Å². The van der Waals surface area contributed by atoms with E-state index in [2.05, 4.69) is 17.4 Å². The van der Waals surface area contributed by atoms with Crippen LogP contribution < -0.4 is 19.5 Å². The standard InChI is InChI=1S/C19H19NO4/c1-12(24-16-7-8-17-18(10-16)23-11-22-17)19(21)20-15-6-5-13-3-2-4-14(13)9-15/h5-10,12H,2-4,11H2,1H3,(H,20,21)/t12-/m1/s1. The van der Waals surface area contributed by atoms with Gasteiger partial charge in [-0.2, -0.15) is 0 Å². The molecule has 0 radical (unpaired) electrons. The first kappa shape index (κ1) is 14.9. The lowest BCUT2D eigenvalue weighted by Crippen LogP contribution is -2.30. The first-order valence-electron chi connectivity index (χ1n) is 8.18. The third kappa shape index (κ3) is 2.89. The molecule has 0 bridgehead atoms. The van der Waals surface area contributed by atoms with Crippen molar-refractivity contribution in [3.05, 3.63) is 47.5 Å². The van der Waals surface area contributed by atoms with Crippen molar-refractivity contribution in [2.75, 3.05) is 12.1 Å². The fourth-order valence-corrected chi connectivity index (χ4v) is 3.10. The molecular weight excluding hydrogens is 306 g/mol. The number of amides is 1. The van der Waals surface area contributed by atoms with E-state index in [1.807, 2.05) is 6.07 Å². The highest BCUT2D eigenvalue weighted by molar-refractivity contribution is 5.94. The Morgan fingerprint density at radius 1 is 1.08 bits per heavy atom. The molecule has 1 aliphatic carbocycles. The lowest BCUT2D eigenvalue weighted by Gasteiger charge is -2.15. The Morgan fingerprint density at radius 3 is 2.83 bits per heavy atom. The van der Waals surface area contributed by atoms with E-state index >= 15 is 0 Å². The van der Waals surface area contributed by atoms with Crippen molar-refractivity contribution in [2.45, 2.75) is 32.3 Å². The van der Waals surface area contributed by atoms with Crippen LogP contribution in [0.2, 0.25) is 0 Å². The zero-order valence-electron chi connectivity index (χ0n) is 13.5. The van der Waals surface area contributed by atoms with E-state index in [-0.39, 0.29) is 12.7 Å². The lowest BCUT2D eigenvalue weighted by molar-refractivity contribution is -0.122. The number of fused-ring (bicyclic) bond motifs is 2. The topological polar surface area (TPSA) is 56.8 Å². The van der Waals surface area contributed by atoms with Crippen LogP contribution in [0.15, 0.2) is 36.4 Å². The molecule has 0 spiro atoms. The summed E-state index contributed by atoms with van der Waals surface area (Å²) in [6.07, 6.45) is 2.80. The summed E-state index contributed by atoms with van der Waals surface area (Å²) >= 11 is 0. The predicted molar refractivity (Wildman–Crippen MR) is 89.8 cm³/mol. The van der Waals surface area contributed by atoms with Crippen LogP contribution in [0.3, 0.4) is 0 Å². The third-order valence-electron chi connectivity index (χ3n) is 4.39. The summed E-state index contributed by atoms with van der Waals surface area (Å²) in [5, 5.41) is 2.92. The van der Waals surface area contributed by atoms with Crippen molar-refractivity contribution in [1.29, 1.82) is 0 Å². The predicted octanol–water partition coefficient (Wildman–Crippen LogP) is 3.31. The van der Waals surface area contributed by atoms with Gasteiger partial charge in [-0.05, 0) is 61.6 Å². The molecule has 1 aliphatic heterocycles. The zero-order chi connectivity index (χ0) is 16.5. The van der Waals surface area contributed by atoms with Crippen LogP contribution in [0, 0.1) is 0 Å². The van der Waals surface area contributed by atoms with Crippen molar-refractivity contribution < 1.29 is 19.0 Å². The van der Waals surface area contributed by atoms with Gasteiger partial charge in [0, 0.05) is 11.8 Å². The third-order valence-corrected chi connectivity index (χ3v) is 4.39. The summed E-state index contributed by atoms with van der Waals surface area (Å²) in [5.74, 6) is 1.73. The van der Waals surface area contributed by atoms with Gasteiger partial charge in [0.25, 0.3) is 5.91 Å². The lowest BCUT2D eigenvalue weighted by atomic mass is 10.1. The molecule has 5 nitrogen and oxygen atoms in total. The average Bonchev–Trinajstić information content (AvgIpc) is 3.22. The molecule has 5 heteroatoms. The fourth-order valence-electron chi connectivity index (χ4n) is 3.10. The van der Waals surface area contributed by atoms with Crippen LogP contribution >= 0.6 is 0 Å². The van der Waals surface area contributed by atoms with Crippen molar-refractivity contribution in [3.8, 4) is 17.2 Å². The van der Waals surface area contributed by atoms with Crippen LogP contribution in [-0.4, -0.2) is 18.8 Å². The molecule has 1 amide bonds. The number of carbonyl (C=O) groups excluding carboxylic acids is 1. The van der Waals surface area contributed by atoms with Crippen LogP contribution in [0.5, 0.6) is 17.2 Å². The molecule has 1 N–H and O–H groups in total. The van der Waals surface area contributed by atoms with E-state index in [0.29, 0.717) is 17.2 Å². The molecule has 0 aromatic heterocycles. The van der Waals surface area contributed by atoms with Gasteiger partial charge in [-0.1, -0.05) is 6.07 Å². The van der Waals surface area contributed by atoms with E-state index in [0.717, 1.165) is 18.5 Å². The minimum Gasteiger partial charge on any atom is -0.481 e. The van der Waals surface area contributed by atoms with E-state index in [1.54, 1.807) is 25.1 Å². The highest BCUT2D eigenvalue weighted by atomic mass is 16.7. The zero-order valence-corrected chi connectivity index (χ0v) is 13.5. The molecule has 0 fully saturated rings. The first-order chi connectivity index (χ1) is 11.7. The minimum absolute atomic E-state index is 0.175. The first-order valence-corrected chi connectivity index (χ1v) is 8.18. The smallest absolute Gasteiger partial charge is 0.265 e. The van der Waals surface area contributed by atoms with Crippen molar-refractivity contribution in [2.24, 2.45) is 0 Å². The van der Waals surface area contributed by atoms with Crippen molar-refractivity contribution in [3.63, 3.8) is 0 Å². The van der Waals surface area contributed by atoms with Gasteiger partial charge in [0.2, 0.25) is 6.79 Å². The molecule has 2 aromatic rings. The van der Waals surface area contributed by atoms with E-state index in [9.17, 15) is 4.79 Å². The Morgan fingerprint density at radius 2 is 1.92 bits per heavy atom. The number of hydrogen-bond acceptors (Lipinski definition) is 4. The molecule has 2 aromatic carbocycles. The Balaban J connectivity index is 1.41. The minimum atomic E-state index is -0.612. The largest absolute Gasteiger partial charge is 0.481 e. The monoisotopic (exact) mass is 325 g/mol. The average molecular weight is 325 g/mol. The quantitative estimate of drug-likeness (QED) is 0.937. The van der Waals surface area contributed by atoms with Crippen LogP contribution in [0.4, 0.5) is 5.69 Å². The number of rotatable bonds is 4. The molecule has 0 saturated carbocycles. The number of carbonyl (C=O) groups is 1. The summed E-state index contributed by atoms with van der Waals surface area (Å²) in [5.41, 5.74) is 3.54. The molecule has 2 aliphatic rings. The van der Waals surface area contributed by atoms with Gasteiger partial charge in [-0.25, -0.2) is 0 Å². The summed E-state index contributed by atoms with van der Waals surface area (Å²) in [4.78, 5) is 12.4. The molecule has 24 heavy (non-hydrogen) atoms. The van der Waals surface area contributed by atoms with Crippen LogP contribution in [0.1, 0.15) is 24.5 Å². The van der Waals surface area contributed by atoms with Crippen LogP contribution in [0.25, 0.3) is 0 Å². The maximum Gasteiger partial charge on any atom is 0.265 e. The van der Waals surface area contributed by atoms with Gasteiger partial charge in [0.05, 0.1) is 0 Å². The van der Waals surface area contributed by atoms with Gasteiger partial charge in [-0.15, -0.1) is 0 Å². The SMILES string of the molecule is C[C@@H](Oc1ccc2c(c1)OCO2)C(=O)Nc1ccc2c(c1)CCC2. The normalized spacial score (nSPS) is 15.7. The Kier molecular flexibility index (Phi) is 3.76. The summed E-state index contributed by atoms with van der Waals surface area (Å²) in [6.45, 7) is 1.94. The second-order valence-corrected chi connectivity index (χ2v) is 6.10. The summed E-state index contributed by atoms with van der Waals surface area (Å²) < 4.78 is 16.3. The number of aryl methyl sites for hydroxylation is 2.